The van der Waals surface area contributed by atoms with Crippen molar-refractivity contribution in [2.24, 2.45) is 0 Å². The van der Waals surface area contributed by atoms with Crippen LogP contribution >= 0.6 is 11.6 Å². The second-order valence-corrected chi connectivity index (χ2v) is 4.35. The first kappa shape index (κ1) is 12.2. The molecular formula is C13H12BClO2. The van der Waals surface area contributed by atoms with Crippen LogP contribution in [0.4, 0.5) is 0 Å². The fraction of sp³-hybridized carbons (Fsp3) is 0.0769. The standard InChI is InChI=1S/C13H12BClO2/c1-9-5-7-10(8-6-9)13-11(14(16)17)3-2-4-12(13)15/h2-8,16-17H,1H3. The Kier molecular flexibility index (Phi) is 3.53. The summed E-state index contributed by atoms with van der Waals surface area (Å²) in [6.45, 7) is 2.00. The largest absolute Gasteiger partial charge is 0.489 e. The van der Waals surface area contributed by atoms with Gasteiger partial charge in [0.05, 0.1) is 0 Å². The molecule has 0 spiro atoms. The van der Waals surface area contributed by atoms with Gasteiger partial charge in [0.2, 0.25) is 0 Å². The maximum absolute atomic E-state index is 9.34. The van der Waals surface area contributed by atoms with Crippen LogP contribution in [0.1, 0.15) is 5.56 Å². The van der Waals surface area contributed by atoms with Crippen LogP contribution in [-0.2, 0) is 0 Å². The highest BCUT2D eigenvalue weighted by atomic mass is 35.5. The van der Waals surface area contributed by atoms with E-state index in [1.54, 1.807) is 18.2 Å². The third-order valence-electron chi connectivity index (χ3n) is 2.66. The Morgan fingerprint density at radius 2 is 1.65 bits per heavy atom. The molecule has 4 heteroatoms. The molecule has 2 rings (SSSR count). The van der Waals surface area contributed by atoms with E-state index >= 15 is 0 Å². The molecule has 0 aliphatic rings. The summed E-state index contributed by atoms with van der Waals surface area (Å²) in [4.78, 5) is 0. The Morgan fingerprint density at radius 3 is 2.24 bits per heavy atom. The van der Waals surface area contributed by atoms with Crippen LogP contribution in [0.5, 0.6) is 0 Å². The van der Waals surface area contributed by atoms with Crippen LogP contribution in [-0.4, -0.2) is 17.2 Å². The minimum atomic E-state index is -1.52. The number of rotatable bonds is 2. The minimum Gasteiger partial charge on any atom is -0.423 e. The van der Waals surface area contributed by atoms with Crippen molar-refractivity contribution in [3.05, 3.63) is 53.1 Å². The van der Waals surface area contributed by atoms with Crippen molar-refractivity contribution >= 4 is 24.2 Å². The molecule has 2 nitrogen and oxygen atoms in total. The van der Waals surface area contributed by atoms with Crippen molar-refractivity contribution in [1.82, 2.24) is 0 Å². The quantitative estimate of drug-likeness (QED) is 0.796. The first-order valence-corrected chi connectivity index (χ1v) is 5.69. The maximum atomic E-state index is 9.34. The van der Waals surface area contributed by atoms with Gasteiger partial charge in [-0.05, 0) is 24.0 Å². The molecule has 0 aliphatic carbocycles. The number of hydrogen-bond donors (Lipinski definition) is 2. The van der Waals surface area contributed by atoms with Gasteiger partial charge in [-0.15, -0.1) is 0 Å². The molecule has 2 aromatic carbocycles. The lowest BCUT2D eigenvalue weighted by Crippen LogP contribution is -2.31. The van der Waals surface area contributed by atoms with Crippen molar-refractivity contribution in [1.29, 1.82) is 0 Å². The first-order chi connectivity index (χ1) is 8.09. The zero-order valence-corrected chi connectivity index (χ0v) is 10.1. The maximum Gasteiger partial charge on any atom is 0.489 e. The van der Waals surface area contributed by atoms with Crippen LogP contribution < -0.4 is 5.46 Å². The molecule has 0 amide bonds. The highest BCUT2D eigenvalue weighted by Crippen LogP contribution is 2.26. The van der Waals surface area contributed by atoms with Gasteiger partial charge in [-0.3, -0.25) is 0 Å². The van der Waals surface area contributed by atoms with Gasteiger partial charge in [0, 0.05) is 10.6 Å². The van der Waals surface area contributed by atoms with E-state index in [-0.39, 0.29) is 0 Å². The molecule has 0 heterocycles. The van der Waals surface area contributed by atoms with Gasteiger partial charge in [0.25, 0.3) is 0 Å². The van der Waals surface area contributed by atoms with Gasteiger partial charge in [-0.2, -0.15) is 0 Å². The van der Waals surface area contributed by atoms with Crippen molar-refractivity contribution in [2.45, 2.75) is 6.92 Å². The molecule has 2 N–H and O–H groups in total. The van der Waals surface area contributed by atoms with E-state index < -0.39 is 7.12 Å². The number of halogens is 1. The molecule has 0 saturated carbocycles. The second-order valence-electron chi connectivity index (χ2n) is 3.94. The lowest BCUT2D eigenvalue weighted by Gasteiger charge is -2.11. The molecular weight excluding hydrogens is 234 g/mol. The Hall–Kier alpha value is -1.29. The molecule has 0 saturated heterocycles. The number of hydrogen-bond acceptors (Lipinski definition) is 2. The van der Waals surface area contributed by atoms with Crippen LogP contribution in [0.2, 0.25) is 5.02 Å². The molecule has 0 atom stereocenters. The summed E-state index contributed by atoms with van der Waals surface area (Å²) in [5, 5.41) is 19.2. The topological polar surface area (TPSA) is 40.5 Å². The average Bonchev–Trinajstić information content (AvgIpc) is 2.30. The van der Waals surface area contributed by atoms with Gasteiger partial charge in [0.15, 0.2) is 0 Å². The van der Waals surface area contributed by atoms with Crippen LogP contribution in [0.15, 0.2) is 42.5 Å². The van der Waals surface area contributed by atoms with E-state index in [0.29, 0.717) is 16.0 Å². The minimum absolute atomic E-state index is 0.418. The van der Waals surface area contributed by atoms with Crippen LogP contribution in [0.3, 0.4) is 0 Å². The molecule has 0 aromatic heterocycles. The Bertz CT molecular complexity index is 523. The number of aryl methyl sites for hydroxylation is 1. The average molecular weight is 247 g/mol. The summed E-state index contributed by atoms with van der Waals surface area (Å²) >= 11 is 6.13. The van der Waals surface area contributed by atoms with E-state index in [1.165, 1.54) is 0 Å². The SMILES string of the molecule is Cc1ccc(-c2c(Cl)cccc2B(O)O)cc1. The lowest BCUT2D eigenvalue weighted by molar-refractivity contribution is 0.426. The van der Waals surface area contributed by atoms with E-state index in [4.69, 9.17) is 11.6 Å². The summed E-state index contributed by atoms with van der Waals surface area (Å²) < 4.78 is 0. The summed E-state index contributed by atoms with van der Waals surface area (Å²) in [5.74, 6) is 0. The van der Waals surface area contributed by atoms with Crippen molar-refractivity contribution in [3.63, 3.8) is 0 Å². The Morgan fingerprint density at radius 1 is 1.00 bits per heavy atom. The predicted molar refractivity (Wildman–Crippen MR) is 71.5 cm³/mol. The predicted octanol–water partition coefficient (Wildman–Crippen LogP) is 2.00. The van der Waals surface area contributed by atoms with Gasteiger partial charge in [-0.25, -0.2) is 0 Å². The third kappa shape index (κ3) is 2.52. The van der Waals surface area contributed by atoms with Crippen molar-refractivity contribution in [3.8, 4) is 11.1 Å². The summed E-state index contributed by atoms with van der Waals surface area (Å²) in [7, 11) is -1.52. The highest BCUT2D eigenvalue weighted by molar-refractivity contribution is 6.61. The van der Waals surface area contributed by atoms with E-state index in [1.807, 2.05) is 31.2 Å². The molecule has 2 aromatic rings. The Balaban J connectivity index is 2.61. The molecule has 0 fully saturated rings. The fourth-order valence-electron chi connectivity index (χ4n) is 1.78. The zero-order chi connectivity index (χ0) is 12.4. The monoisotopic (exact) mass is 246 g/mol. The highest BCUT2D eigenvalue weighted by Gasteiger charge is 2.18. The molecule has 17 heavy (non-hydrogen) atoms. The van der Waals surface area contributed by atoms with Crippen LogP contribution in [0, 0.1) is 6.92 Å². The lowest BCUT2D eigenvalue weighted by atomic mass is 9.75. The van der Waals surface area contributed by atoms with Gasteiger partial charge in [-0.1, -0.05) is 53.6 Å². The molecule has 0 aliphatic heterocycles. The van der Waals surface area contributed by atoms with Gasteiger partial charge >= 0.3 is 7.12 Å². The van der Waals surface area contributed by atoms with Gasteiger partial charge in [0.1, 0.15) is 0 Å². The smallest absolute Gasteiger partial charge is 0.423 e. The van der Waals surface area contributed by atoms with Crippen LogP contribution in [0.25, 0.3) is 11.1 Å². The molecule has 86 valence electrons. The van der Waals surface area contributed by atoms with E-state index in [2.05, 4.69) is 0 Å². The molecule has 0 bridgehead atoms. The summed E-state index contributed by atoms with van der Waals surface area (Å²) in [6, 6.07) is 12.9. The second kappa shape index (κ2) is 4.92. The van der Waals surface area contributed by atoms with E-state index in [0.717, 1.165) is 11.1 Å². The third-order valence-corrected chi connectivity index (χ3v) is 2.98. The molecule has 0 radical (unpaired) electrons. The molecule has 0 unspecified atom stereocenters. The fourth-order valence-corrected chi connectivity index (χ4v) is 2.07. The van der Waals surface area contributed by atoms with Crippen molar-refractivity contribution in [2.75, 3.05) is 0 Å². The Labute approximate surface area is 106 Å². The first-order valence-electron chi connectivity index (χ1n) is 5.31. The zero-order valence-electron chi connectivity index (χ0n) is 9.39. The van der Waals surface area contributed by atoms with Crippen molar-refractivity contribution < 1.29 is 10.0 Å². The summed E-state index contributed by atoms with van der Waals surface area (Å²) in [6.07, 6.45) is 0. The number of benzene rings is 2. The van der Waals surface area contributed by atoms with Gasteiger partial charge < -0.3 is 10.0 Å². The summed E-state index contributed by atoms with van der Waals surface area (Å²) in [5.41, 5.74) is 3.11. The normalized spacial score (nSPS) is 10.4. The van der Waals surface area contributed by atoms with E-state index in [9.17, 15) is 10.0 Å².